The molecule has 1 fully saturated rings. The molecule has 24 heavy (non-hydrogen) atoms. The van der Waals surface area contributed by atoms with Gasteiger partial charge in [0.2, 0.25) is 0 Å². The first-order chi connectivity index (χ1) is 11.7. The smallest absolute Gasteiger partial charge is 0.158 e. The number of likely N-dealkylation sites (tertiary alicyclic amines) is 1. The summed E-state index contributed by atoms with van der Waals surface area (Å²) >= 11 is 0. The van der Waals surface area contributed by atoms with E-state index in [1.165, 1.54) is 16.5 Å². The summed E-state index contributed by atoms with van der Waals surface area (Å²) in [6, 6.07) is 8.62. The van der Waals surface area contributed by atoms with Gasteiger partial charge in [0.25, 0.3) is 0 Å². The predicted molar refractivity (Wildman–Crippen MR) is 97.4 cm³/mol. The third-order valence-electron chi connectivity index (χ3n) is 4.92. The fourth-order valence-corrected chi connectivity index (χ4v) is 3.63. The van der Waals surface area contributed by atoms with Gasteiger partial charge in [0, 0.05) is 36.7 Å². The van der Waals surface area contributed by atoms with Crippen LogP contribution in [0.2, 0.25) is 0 Å². The summed E-state index contributed by atoms with van der Waals surface area (Å²) in [5.41, 5.74) is 2.71. The third kappa shape index (κ3) is 3.72. The predicted octanol–water partition coefficient (Wildman–Crippen LogP) is 3.91. The maximum atomic E-state index is 9.67. The van der Waals surface area contributed by atoms with Crippen molar-refractivity contribution in [2.24, 2.45) is 0 Å². The van der Waals surface area contributed by atoms with E-state index in [2.05, 4.69) is 46.5 Å². The highest BCUT2D eigenvalue weighted by Gasteiger charge is 2.25. The molecule has 0 unspecified atom stereocenters. The molecule has 0 atom stereocenters. The SMILES string of the molecule is C=CCOCCn1cc(C2CCN([C](C)O)CC2)c2ccccc21. The number of aromatic nitrogens is 1. The Morgan fingerprint density at radius 3 is 2.79 bits per heavy atom. The van der Waals surface area contributed by atoms with Crippen LogP contribution in [0.1, 0.15) is 31.2 Å². The monoisotopic (exact) mass is 327 g/mol. The van der Waals surface area contributed by atoms with E-state index >= 15 is 0 Å². The van der Waals surface area contributed by atoms with Crippen LogP contribution < -0.4 is 0 Å². The molecule has 1 aliphatic heterocycles. The molecule has 0 aliphatic carbocycles. The van der Waals surface area contributed by atoms with Crippen LogP contribution in [-0.2, 0) is 11.3 Å². The second-order valence-electron chi connectivity index (χ2n) is 6.47. The molecule has 2 aromatic rings. The van der Waals surface area contributed by atoms with Gasteiger partial charge in [0.1, 0.15) is 0 Å². The molecule has 3 rings (SSSR count). The second-order valence-corrected chi connectivity index (χ2v) is 6.47. The normalized spacial score (nSPS) is 17.0. The fraction of sp³-hybridized carbons (Fsp3) is 0.450. The number of aliphatic hydroxyl groups is 1. The Morgan fingerprint density at radius 1 is 1.33 bits per heavy atom. The second kappa shape index (κ2) is 7.97. The van der Waals surface area contributed by atoms with Gasteiger partial charge in [0.15, 0.2) is 6.23 Å². The van der Waals surface area contributed by atoms with Crippen LogP contribution in [0.4, 0.5) is 0 Å². The minimum absolute atomic E-state index is 0.440. The standard InChI is InChI=1S/C20H27N2O2/c1-3-13-24-14-12-22-15-19(18-6-4-5-7-20(18)22)17-8-10-21(11-9-17)16(2)23/h3-7,15,17,23H,1,8-14H2,2H3. The summed E-state index contributed by atoms with van der Waals surface area (Å²) < 4.78 is 7.86. The van der Waals surface area contributed by atoms with Crippen molar-refractivity contribution in [3.05, 3.63) is 54.9 Å². The number of para-hydroxylation sites is 1. The van der Waals surface area contributed by atoms with Crippen molar-refractivity contribution >= 4 is 10.9 Å². The van der Waals surface area contributed by atoms with E-state index in [0.717, 1.165) is 32.5 Å². The molecule has 1 aliphatic rings. The van der Waals surface area contributed by atoms with E-state index in [4.69, 9.17) is 4.74 Å². The maximum Gasteiger partial charge on any atom is 0.158 e. The minimum Gasteiger partial charge on any atom is -0.376 e. The van der Waals surface area contributed by atoms with Crippen molar-refractivity contribution in [1.29, 1.82) is 0 Å². The summed E-state index contributed by atoms with van der Waals surface area (Å²) in [5, 5.41) is 11.0. The van der Waals surface area contributed by atoms with Gasteiger partial charge in [-0.25, -0.2) is 0 Å². The van der Waals surface area contributed by atoms with E-state index in [1.807, 2.05) is 0 Å². The zero-order chi connectivity index (χ0) is 16.9. The van der Waals surface area contributed by atoms with Crippen LogP contribution in [0.15, 0.2) is 43.1 Å². The summed E-state index contributed by atoms with van der Waals surface area (Å²) in [5.74, 6) is 0.556. The Balaban J connectivity index is 1.77. The highest BCUT2D eigenvalue weighted by atomic mass is 16.5. The number of aliphatic hydroxyl groups excluding tert-OH is 1. The minimum atomic E-state index is 0.440. The average Bonchev–Trinajstić information content (AvgIpc) is 2.98. The Hall–Kier alpha value is -1.62. The zero-order valence-corrected chi connectivity index (χ0v) is 14.4. The number of piperidine rings is 1. The Kier molecular flexibility index (Phi) is 5.72. The molecule has 4 nitrogen and oxygen atoms in total. The summed E-state index contributed by atoms with van der Waals surface area (Å²) in [7, 11) is 0. The number of hydrogen-bond donors (Lipinski definition) is 1. The lowest BCUT2D eigenvalue weighted by Crippen LogP contribution is -2.34. The van der Waals surface area contributed by atoms with Gasteiger partial charge in [0.05, 0.1) is 13.2 Å². The lowest BCUT2D eigenvalue weighted by molar-refractivity contribution is 0.0962. The van der Waals surface area contributed by atoms with E-state index in [9.17, 15) is 5.11 Å². The van der Waals surface area contributed by atoms with Crippen LogP contribution in [0.3, 0.4) is 0 Å². The van der Waals surface area contributed by atoms with Gasteiger partial charge in [-0.05, 0) is 37.3 Å². The number of nitrogens with zero attached hydrogens (tertiary/aromatic N) is 2. The van der Waals surface area contributed by atoms with Gasteiger partial charge in [-0.2, -0.15) is 0 Å². The molecule has 1 saturated heterocycles. The van der Waals surface area contributed by atoms with Crippen LogP contribution in [0, 0.1) is 6.23 Å². The number of hydrogen-bond acceptors (Lipinski definition) is 3. The van der Waals surface area contributed by atoms with Crippen LogP contribution in [0.5, 0.6) is 0 Å². The highest BCUT2D eigenvalue weighted by Crippen LogP contribution is 2.35. The van der Waals surface area contributed by atoms with Crippen LogP contribution in [-0.4, -0.2) is 40.9 Å². The summed E-state index contributed by atoms with van der Waals surface area (Å²) in [6.07, 6.45) is 6.69. The van der Waals surface area contributed by atoms with Gasteiger partial charge < -0.3 is 14.4 Å². The van der Waals surface area contributed by atoms with Crippen molar-refractivity contribution in [1.82, 2.24) is 9.47 Å². The Labute approximate surface area is 144 Å². The van der Waals surface area contributed by atoms with E-state index in [0.29, 0.717) is 25.4 Å². The van der Waals surface area contributed by atoms with Gasteiger partial charge >= 0.3 is 0 Å². The zero-order valence-electron chi connectivity index (χ0n) is 14.4. The van der Waals surface area contributed by atoms with Crippen LogP contribution in [0.25, 0.3) is 10.9 Å². The summed E-state index contributed by atoms with van der Waals surface area (Å²) in [4.78, 5) is 2.07. The Bertz CT molecular complexity index is 669. The molecule has 0 bridgehead atoms. The average molecular weight is 327 g/mol. The van der Waals surface area contributed by atoms with Gasteiger partial charge in [-0.1, -0.05) is 24.3 Å². The van der Waals surface area contributed by atoms with E-state index in [-0.39, 0.29) is 0 Å². The van der Waals surface area contributed by atoms with Crippen molar-refractivity contribution < 1.29 is 9.84 Å². The molecule has 1 radical (unpaired) electrons. The first kappa shape index (κ1) is 17.2. The number of benzene rings is 1. The molecule has 4 heteroatoms. The molecular weight excluding hydrogens is 300 g/mol. The molecule has 2 heterocycles. The quantitative estimate of drug-likeness (QED) is 0.619. The topological polar surface area (TPSA) is 37.6 Å². The Morgan fingerprint density at radius 2 is 2.08 bits per heavy atom. The summed E-state index contributed by atoms with van der Waals surface area (Å²) in [6.45, 7) is 9.46. The first-order valence-electron chi connectivity index (χ1n) is 8.74. The number of rotatable bonds is 7. The van der Waals surface area contributed by atoms with Gasteiger partial charge in [-0.15, -0.1) is 6.58 Å². The lowest BCUT2D eigenvalue weighted by Gasteiger charge is -2.32. The van der Waals surface area contributed by atoms with E-state index < -0.39 is 0 Å². The molecule has 1 aromatic heterocycles. The largest absolute Gasteiger partial charge is 0.376 e. The molecule has 0 spiro atoms. The molecule has 0 amide bonds. The van der Waals surface area contributed by atoms with Crippen molar-refractivity contribution in [3.8, 4) is 0 Å². The van der Waals surface area contributed by atoms with Crippen molar-refractivity contribution in [2.45, 2.75) is 32.2 Å². The number of fused-ring (bicyclic) bond motifs is 1. The highest BCUT2D eigenvalue weighted by molar-refractivity contribution is 5.84. The molecule has 0 saturated carbocycles. The maximum absolute atomic E-state index is 9.67. The molecule has 1 aromatic carbocycles. The van der Waals surface area contributed by atoms with Crippen molar-refractivity contribution in [3.63, 3.8) is 0 Å². The molecule has 1 N–H and O–H groups in total. The fourth-order valence-electron chi connectivity index (χ4n) is 3.63. The van der Waals surface area contributed by atoms with Crippen LogP contribution >= 0.6 is 0 Å². The third-order valence-corrected chi connectivity index (χ3v) is 4.92. The lowest BCUT2D eigenvalue weighted by atomic mass is 9.89. The first-order valence-corrected chi connectivity index (χ1v) is 8.74. The number of ether oxygens (including phenoxy) is 1. The van der Waals surface area contributed by atoms with Crippen molar-refractivity contribution in [2.75, 3.05) is 26.3 Å². The van der Waals surface area contributed by atoms with Gasteiger partial charge in [-0.3, -0.25) is 4.90 Å². The molecule has 129 valence electrons. The molecular formula is C20H27N2O2. The van der Waals surface area contributed by atoms with E-state index in [1.54, 1.807) is 13.0 Å².